The van der Waals surface area contributed by atoms with Gasteiger partial charge in [-0.05, 0) is 61.0 Å². The first-order valence-corrected chi connectivity index (χ1v) is 12.0. The molecule has 1 aliphatic rings. The van der Waals surface area contributed by atoms with E-state index in [-0.39, 0.29) is 23.5 Å². The Labute approximate surface area is 205 Å². The summed E-state index contributed by atoms with van der Waals surface area (Å²) in [6, 6.07) is 15.1. The molecule has 0 saturated heterocycles. The molecule has 4 aromatic rings. The van der Waals surface area contributed by atoms with Gasteiger partial charge in [-0.1, -0.05) is 17.8 Å². The van der Waals surface area contributed by atoms with Gasteiger partial charge < -0.3 is 14.8 Å². The van der Waals surface area contributed by atoms with Crippen LogP contribution in [0.1, 0.15) is 18.5 Å². The highest BCUT2D eigenvalue weighted by Crippen LogP contribution is 2.33. The van der Waals surface area contributed by atoms with Crippen molar-refractivity contribution in [1.82, 2.24) is 25.1 Å². The van der Waals surface area contributed by atoms with E-state index in [0.29, 0.717) is 41.4 Å². The minimum absolute atomic E-state index is 0.130. The number of ether oxygens (including phenoxy) is 2. The van der Waals surface area contributed by atoms with Crippen LogP contribution in [-0.2, 0) is 4.79 Å². The molecule has 1 aliphatic heterocycles. The Morgan fingerprint density at radius 1 is 1.06 bits per heavy atom. The Hall–Kier alpha value is -3.92. The SMILES string of the molecule is CC(NC(=O)CSc1nnc(-c2ccncc2)n1-c1ccc(F)cc1)c1ccc2c(c1)OCCO2. The summed E-state index contributed by atoms with van der Waals surface area (Å²) in [6.07, 6.45) is 3.33. The summed E-state index contributed by atoms with van der Waals surface area (Å²) in [7, 11) is 0. The topological polar surface area (TPSA) is 91.2 Å². The Morgan fingerprint density at radius 3 is 2.57 bits per heavy atom. The monoisotopic (exact) mass is 491 g/mol. The number of hydrogen-bond donors (Lipinski definition) is 1. The number of nitrogens with zero attached hydrogens (tertiary/aromatic N) is 4. The van der Waals surface area contributed by atoms with Gasteiger partial charge in [0.1, 0.15) is 19.0 Å². The third-order valence-corrected chi connectivity index (χ3v) is 6.36. The summed E-state index contributed by atoms with van der Waals surface area (Å²) in [6.45, 7) is 2.95. The van der Waals surface area contributed by atoms with Crippen LogP contribution in [0.25, 0.3) is 17.1 Å². The molecule has 2 aromatic heterocycles. The molecule has 178 valence electrons. The number of fused-ring (bicyclic) bond motifs is 1. The van der Waals surface area contributed by atoms with Gasteiger partial charge in [-0.3, -0.25) is 14.3 Å². The first-order chi connectivity index (χ1) is 17.1. The van der Waals surface area contributed by atoms with E-state index in [4.69, 9.17) is 9.47 Å². The molecule has 1 N–H and O–H groups in total. The molecule has 10 heteroatoms. The number of pyridine rings is 1. The molecule has 0 aliphatic carbocycles. The van der Waals surface area contributed by atoms with E-state index in [1.807, 2.05) is 37.3 Å². The summed E-state index contributed by atoms with van der Waals surface area (Å²) in [4.78, 5) is 16.8. The molecule has 0 spiro atoms. The third-order valence-electron chi connectivity index (χ3n) is 5.43. The van der Waals surface area contributed by atoms with E-state index in [2.05, 4.69) is 20.5 Å². The zero-order chi connectivity index (χ0) is 24.2. The molecule has 0 fully saturated rings. The molecule has 1 atom stereocenters. The lowest BCUT2D eigenvalue weighted by Gasteiger charge is -2.21. The Kier molecular flexibility index (Phi) is 6.62. The average Bonchev–Trinajstić information content (AvgIpc) is 3.32. The van der Waals surface area contributed by atoms with Crippen LogP contribution >= 0.6 is 11.8 Å². The Morgan fingerprint density at radius 2 is 1.80 bits per heavy atom. The van der Waals surface area contributed by atoms with E-state index >= 15 is 0 Å². The summed E-state index contributed by atoms with van der Waals surface area (Å²) >= 11 is 1.25. The molecular weight excluding hydrogens is 469 g/mol. The van der Waals surface area contributed by atoms with Gasteiger partial charge in [-0.2, -0.15) is 0 Å². The molecule has 0 bridgehead atoms. The maximum absolute atomic E-state index is 13.5. The third kappa shape index (κ3) is 5.12. The van der Waals surface area contributed by atoms with Crippen LogP contribution in [0.5, 0.6) is 11.5 Å². The first-order valence-electron chi connectivity index (χ1n) is 11.0. The Bertz CT molecular complexity index is 1330. The molecular formula is C25H22FN5O3S. The van der Waals surface area contributed by atoms with Crippen LogP contribution in [0.2, 0.25) is 0 Å². The first kappa shape index (κ1) is 22.9. The second-order valence-electron chi connectivity index (χ2n) is 7.83. The highest BCUT2D eigenvalue weighted by Gasteiger charge is 2.19. The largest absolute Gasteiger partial charge is 0.486 e. The van der Waals surface area contributed by atoms with Gasteiger partial charge in [0.2, 0.25) is 5.91 Å². The van der Waals surface area contributed by atoms with E-state index in [9.17, 15) is 9.18 Å². The number of rotatable bonds is 7. The molecule has 5 rings (SSSR count). The summed E-state index contributed by atoms with van der Waals surface area (Å²) in [5.74, 6) is 1.60. The second-order valence-corrected chi connectivity index (χ2v) is 8.78. The van der Waals surface area contributed by atoms with Crippen LogP contribution in [0.3, 0.4) is 0 Å². The lowest BCUT2D eigenvalue weighted by molar-refractivity contribution is -0.119. The quantitative estimate of drug-likeness (QED) is 0.387. The number of halogens is 1. The van der Waals surface area contributed by atoms with Crippen molar-refractivity contribution in [1.29, 1.82) is 0 Å². The van der Waals surface area contributed by atoms with E-state index in [0.717, 1.165) is 11.1 Å². The van der Waals surface area contributed by atoms with Crippen LogP contribution in [-0.4, -0.2) is 44.6 Å². The number of carbonyl (C=O) groups excluding carboxylic acids is 1. The van der Waals surface area contributed by atoms with Gasteiger partial charge in [0.05, 0.1) is 11.8 Å². The highest BCUT2D eigenvalue weighted by molar-refractivity contribution is 7.99. The van der Waals surface area contributed by atoms with E-state index in [1.165, 1.54) is 23.9 Å². The summed E-state index contributed by atoms with van der Waals surface area (Å²) in [5.41, 5.74) is 2.41. The van der Waals surface area contributed by atoms with Gasteiger partial charge in [0, 0.05) is 23.6 Å². The highest BCUT2D eigenvalue weighted by atomic mass is 32.2. The lowest BCUT2D eigenvalue weighted by atomic mass is 10.1. The number of nitrogens with one attached hydrogen (secondary N) is 1. The van der Waals surface area contributed by atoms with Gasteiger partial charge in [0.25, 0.3) is 0 Å². The van der Waals surface area contributed by atoms with Gasteiger partial charge in [-0.15, -0.1) is 10.2 Å². The van der Waals surface area contributed by atoms with Crippen LogP contribution in [0.4, 0.5) is 4.39 Å². The fourth-order valence-electron chi connectivity index (χ4n) is 3.70. The Balaban J connectivity index is 1.31. The van der Waals surface area contributed by atoms with Crippen molar-refractivity contribution in [3.05, 3.63) is 78.4 Å². The summed E-state index contributed by atoms with van der Waals surface area (Å²) < 4.78 is 26.5. The normalized spacial score (nSPS) is 13.3. The van der Waals surface area contributed by atoms with Crippen molar-refractivity contribution in [2.75, 3.05) is 19.0 Å². The molecule has 2 aromatic carbocycles. The molecule has 1 unspecified atom stereocenters. The van der Waals surface area contributed by atoms with Crippen molar-refractivity contribution in [2.24, 2.45) is 0 Å². The van der Waals surface area contributed by atoms with Gasteiger partial charge >= 0.3 is 0 Å². The summed E-state index contributed by atoms with van der Waals surface area (Å²) in [5, 5.41) is 12.2. The van der Waals surface area contributed by atoms with Gasteiger partial charge in [-0.25, -0.2) is 4.39 Å². The minimum atomic E-state index is -0.339. The van der Waals surface area contributed by atoms with Crippen molar-refractivity contribution in [3.8, 4) is 28.6 Å². The number of aromatic nitrogens is 4. The molecule has 0 saturated carbocycles. The van der Waals surface area contributed by atoms with E-state index < -0.39 is 0 Å². The van der Waals surface area contributed by atoms with Gasteiger partial charge in [0.15, 0.2) is 22.5 Å². The molecule has 1 amide bonds. The number of thioether (sulfide) groups is 1. The van der Waals surface area contributed by atoms with Crippen molar-refractivity contribution in [2.45, 2.75) is 18.1 Å². The molecule has 8 nitrogen and oxygen atoms in total. The van der Waals surface area contributed by atoms with Crippen LogP contribution in [0.15, 0.2) is 72.1 Å². The number of hydrogen-bond acceptors (Lipinski definition) is 7. The van der Waals surface area contributed by atoms with Crippen molar-refractivity contribution < 1.29 is 18.7 Å². The van der Waals surface area contributed by atoms with Crippen molar-refractivity contribution in [3.63, 3.8) is 0 Å². The maximum atomic E-state index is 13.5. The standard InChI is InChI=1S/C25H22FN5O3S/c1-16(18-2-7-21-22(14-18)34-13-12-33-21)28-23(32)15-35-25-30-29-24(17-8-10-27-11-9-17)31(25)20-5-3-19(26)4-6-20/h2-11,14,16H,12-13,15H2,1H3,(H,28,32). The number of benzene rings is 2. The van der Waals surface area contributed by atoms with Crippen LogP contribution < -0.4 is 14.8 Å². The minimum Gasteiger partial charge on any atom is -0.486 e. The predicted octanol–water partition coefficient (Wildman–Crippen LogP) is 4.21. The molecule has 3 heterocycles. The predicted molar refractivity (Wildman–Crippen MR) is 129 cm³/mol. The zero-order valence-corrected chi connectivity index (χ0v) is 19.7. The van der Waals surface area contributed by atoms with Crippen molar-refractivity contribution >= 4 is 17.7 Å². The maximum Gasteiger partial charge on any atom is 0.230 e. The molecule has 35 heavy (non-hydrogen) atoms. The fraction of sp³-hybridized carbons (Fsp3) is 0.200. The fourth-order valence-corrected chi connectivity index (χ4v) is 4.46. The average molecular weight is 492 g/mol. The second kappa shape index (κ2) is 10.1. The number of amides is 1. The van der Waals surface area contributed by atoms with E-state index in [1.54, 1.807) is 29.1 Å². The lowest BCUT2D eigenvalue weighted by Crippen LogP contribution is -2.28. The molecule has 0 radical (unpaired) electrons. The zero-order valence-electron chi connectivity index (χ0n) is 18.8. The number of carbonyl (C=O) groups is 1. The smallest absolute Gasteiger partial charge is 0.230 e. The van der Waals surface area contributed by atoms with Crippen LogP contribution in [0, 0.1) is 5.82 Å².